The molecule has 0 N–H and O–H groups in total. The normalized spacial score (nSPS) is 15.6. The van der Waals surface area contributed by atoms with Crippen LogP contribution in [0.3, 0.4) is 0 Å². The van der Waals surface area contributed by atoms with Crippen molar-refractivity contribution in [3.05, 3.63) is 16.1 Å². The maximum absolute atomic E-state index is 12.8. The van der Waals surface area contributed by atoms with E-state index in [-0.39, 0.29) is 11.7 Å². The third-order valence-corrected chi connectivity index (χ3v) is 4.80. The predicted octanol–water partition coefficient (Wildman–Crippen LogP) is 4.24. The van der Waals surface area contributed by atoms with E-state index in [1.54, 1.807) is 27.4 Å². The van der Waals surface area contributed by atoms with Crippen molar-refractivity contribution in [3.63, 3.8) is 0 Å². The largest absolute Gasteiger partial charge is 0.493 e. The number of hydrogen-bond donors (Lipinski definition) is 0. The lowest BCUT2D eigenvalue weighted by Gasteiger charge is -2.22. The fraction of sp³-hybridized carbons (Fsp3) is 0.562. The van der Waals surface area contributed by atoms with Gasteiger partial charge in [-0.05, 0) is 34.8 Å². The first-order chi connectivity index (χ1) is 10.1. The van der Waals surface area contributed by atoms with Gasteiger partial charge in [-0.2, -0.15) is 0 Å². The van der Waals surface area contributed by atoms with E-state index >= 15 is 0 Å². The van der Waals surface area contributed by atoms with Crippen LogP contribution in [0.1, 0.15) is 42.5 Å². The highest BCUT2D eigenvalue weighted by Crippen LogP contribution is 2.45. The number of carbonyl (C=O) groups excluding carboxylic acids is 1. The van der Waals surface area contributed by atoms with Crippen molar-refractivity contribution < 1.29 is 19.0 Å². The number of Topliss-reactive ketones (excluding diaryl/α,β-unsaturated/α-hetero) is 1. The molecule has 1 aromatic rings. The first-order valence-electron chi connectivity index (χ1n) is 7.16. The van der Waals surface area contributed by atoms with Gasteiger partial charge in [0.05, 0.1) is 25.8 Å². The Balaban J connectivity index is 2.45. The Hall–Kier alpha value is -1.23. The maximum Gasteiger partial charge on any atom is 0.204 e. The predicted molar refractivity (Wildman–Crippen MR) is 84.7 cm³/mol. The molecule has 0 unspecified atom stereocenters. The van der Waals surface area contributed by atoms with Crippen LogP contribution in [-0.4, -0.2) is 27.1 Å². The summed E-state index contributed by atoms with van der Waals surface area (Å²) < 4.78 is 16.7. The van der Waals surface area contributed by atoms with Crippen molar-refractivity contribution in [2.45, 2.75) is 32.1 Å². The Bertz CT molecular complexity index is 521. The van der Waals surface area contributed by atoms with Gasteiger partial charge in [0, 0.05) is 11.5 Å². The maximum atomic E-state index is 12.8. The average Bonchev–Trinajstić information content (AvgIpc) is 2.54. The zero-order valence-electron chi connectivity index (χ0n) is 12.7. The van der Waals surface area contributed by atoms with Crippen molar-refractivity contribution in [2.75, 3.05) is 21.3 Å². The van der Waals surface area contributed by atoms with Crippen LogP contribution in [0.5, 0.6) is 17.2 Å². The molecule has 0 spiro atoms. The minimum atomic E-state index is 0.0952. The van der Waals surface area contributed by atoms with E-state index in [0.717, 1.165) is 25.7 Å². The average molecular weight is 357 g/mol. The molecule has 1 fully saturated rings. The van der Waals surface area contributed by atoms with E-state index < -0.39 is 0 Å². The second-order valence-corrected chi connectivity index (χ2v) is 6.00. The standard InChI is InChI=1S/C16H21BrO4/c1-19-12-9-11(13(17)16(21-3)15(12)20-2)14(18)10-7-5-4-6-8-10/h9-10H,4-8H2,1-3H3. The van der Waals surface area contributed by atoms with Gasteiger partial charge in [-0.1, -0.05) is 19.3 Å². The molecule has 116 valence electrons. The second kappa shape index (κ2) is 7.16. The van der Waals surface area contributed by atoms with Gasteiger partial charge in [-0.15, -0.1) is 0 Å². The molecule has 0 heterocycles. The van der Waals surface area contributed by atoms with Gasteiger partial charge in [0.25, 0.3) is 0 Å². The monoisotopic (exact) mass is 356 g/mol. The fourth-order valence-corrected chi connectivity index (χ4v) is 3.54. The summed E-state index contributed by atoms with van der Waals surface area (Å²) in [5, 5.41) is 0. The van der Waals surface area contributed by atoms with Crippen molar-refractivity contribution in [3.8, 4) is 17.2 Å². The van der Waals surface area contributed by atoms with Crippen LogP contribution in [0.2, 0.25) is 0 Å². The van der Waals surface area contributed by atoms with Gasteiger partial charge in [0.1, 0.15) is 0 Å². The number of ketones is 1. The lowest BCUT2D eigenvalue weighted by atomic mass is 9.84. The van der Waals surface area contributed by atoms with Crippen LogP contribution in [-0.2, 0) is 0 Å². The van der Waals surface area contributed by atoms with Crippen LogP contribution in [0.25, 0.3) is 0 Å². The first kappa shape index (κ1) is 16.1. The summed E-state index contributed by atoms with van der Waals surface area (Å²) in [5.74, 6) is 1.75. The molecule has 1 aromatic carbocycles. The van der Waals surface area contributed by atoms with E-state index in [2.05, 4.69) is 15.9 Å². The molecular formula is C16H21BrO4. The highest BCUT2D eigenvalue weighted by molar-refractivity contribution is 9.10. The van der Waals surface area contributed by atoms with E-state index in [1.165, 1.54) is 6.42 Å². The Morgan fingerprint density at radius 1 is 1.05 bits per heavy atom. The number of halogens is 1. The van der Waals surface area contributed by atoms with Crippen LogP contribution in [0, 0.1) is 5.92 Å². The Kier molecular flexibility index (Phi) is 5.51. The molecule has 0 aromatic heterocycles. The van der Waals surface area contributed by atoms with Crippen LogP contribution in [0.4, 0.5) is 0 Å². The minimum Gasteiger partial charge on any atom is -0.493 e. The lowest BCUT2D eigenvalue weighted by Crippen LogP contribution is -2.18. The van der Waals surface area contributed by atoms with E-state index in [1.807, 2.05) is 0 Å². The summed E-state index contributed by atoms with van der Waals surface area (Å²) >= 11 is 3.48. The summed E-state index contributed by atoms with van der Waals surface area (Å²) in [5.41, 5.74) is 0.608. The molecule has 1 aliphatic rings. The molecule has 4 nitrogen and oxygen atoms in total. The Morgan fingerprint density at radius 3 is 2.19 bits per heavy atom. The van der Waals surface area contributed by atoms with Crippen LogP contribution >= 0.6 is 15.9 Å². The number of rotatable bonds is 5. The molecule has 0 amide bonds. The molecule has 0 bridgehead atoms. The molecule has 0 aliphatic heterocycles. The first-order valence-corrected chi connectivity index (χ1v) is 7.96. The van der Waals surface area contributed by atoms with Crippen molar-refractivity contribution in [1.29, 1.82) is 0 Å². The van der Waals surface area contributed by atoms with E-state index in [9.17, 15) is 4.79 Å². The van der Waals surface area contributed by atoms with E-state index in [0.29, 0.717) is 27.3 Å². The zero-order chi connectivity index (χ0) is 15.4. The third kappa shape index (κ3) is 3.18. The molecule has 21 heavy (non-hydrogen) atoms. The number of benzene rings is 1. The molecule has 0 atom stereocenters. The number of ether oxygens (including phenoxy) is 3. The summed E-state index contributed by atoms with van der Waals surface area (Å²) in [4.78, 5) is 12.8. The van der Waals surface area contributed by atoms with E-state index in [4.69, 9.17) is 14.2 Å². The second-order valence-electron chi connectivity index (χ2n) is 5.21. The van der Waals surface area contributed by atoms with Crippen LogP contribution < -0.4 is 14.2 Å². The van der Waals surface area contributed by atoms with Crippen LogP contribution in [0.15, 0.2) is 10.5 Å². The van der Waals surface area contributed by atoms with Gasteiger partial charge < -0.3 is 14.2 Å². The molecule has 5 heteroatoms. The summed E-state index contributed by atoms with van der Waals surface area (Å²) in [6.07, 6.45) is 5.39. The highest BCUT2D eigenvalue weighted by atomic mass is 79.9. The van der Waals surface area contributed by atoms with Crippen molar-refractivity contribution >= 4 is 21.7 Å². The topological polar surface area (TPSA) is 44.8 Å². The van der Waals surface area contributed by atoms with Crippen molar-refractivity contribution in [1.82, 2.24) is 0 Å². The minimum absolute atomic E-state index is 0.0952. The van der Waals surface area contributed by atoms with Gasteiger partial charge in [0.2, 0.25) is 5.75 Å². The van der Waals surface area contributed by atoms with Gasteiger partial charge in [-0.3, -0.25) is 4.79 Å². The number of carbonyl (C=O) groups is 1. The lowest BCUT2D eigenvalue weighted by molar-refractivity contribution is 0.0888. The number of hydrogen-bond acceptors (Lipinski definition) is 4. The molecular weight excluding hydrogens is 336 g/mol. The summed E-state index contributed by atoms with van der Waals surface area (Å²) in [7, 11) is 4.66. The third-order valence-electron chi connectivity index (χ3n) is 4.01. The molecule has 1 aliphatic carbocycles. The summed E-state index contributed by atoms with van der Waals surface area (Å²) in [6.45, 7) is 0. The molecule has 0 radical (unpaired) electrons. The quantitative estimate of drug-likeness (QED) is 0.740. The number of methoxy groups -OCH3 is 3. The fourth-order valence-electron chi connectivity index (χ4n) is 2.89. The highest BCUT2D eigenvalue weighted by Gasteiger charge is 2.28. The molecule has 0 saturated heterocycles. The van der Waals surface area contributed by atoms with Crippen molar-refractivity contribution in [2.24, 2.45) is 5.92 Å². The SMILES string of the molecule is COc1cc(C(=O)C2CCCCC2)c(Br)c(OC)c1OC. The van der Waals surface area contributed by atoms with Gasteiger partial charge in [0.15, 0.2) is 17.3 Å². The van der Waals surface area contributed by atoms with Gasteiger partial charge in [-0.25, -0.2) is 0 Å². The summed E-state index contributed by atoms with van der Waals surface area (Å²) in [6, 6.07) is 1.74. The molecule has 2 rings (SSSR count). The molecule has 1 saturated carbocycles. The van der Waals surface area contributed by atoms with Gasteiger partial charge >= 0.3 is 0 Å². The zero-order valence-corrected chi connectivity index (χ0v) is 14.3. The Morgan fingerprint density at radius 2 is 1.67 bits per heavy atom. The Labute approximate surface area is 133 Å². The smallest absolute Gasteiger partial charge is 0.204 e.